The Morgan fingerprint density at radius 3 is 2.48 bits per heavy atom. The molecule has 3 rings (SSSR count). The topological polar surface area (TPSA) is 70.2 Å². The van der Waals surface area contributed by atoms with Crippen LogP contribution in [0.25, 0.3) is 10.9 Å². The second-order valence-electron chi connectivity index (χ2n) is 6.85. The number of hydrogen-bond acceptors (Lipinski definition) is 2. The number of ketones is 1. The Kier molecular flexibility index (Phi) is 5.08. The smallest absolute Gasteiger partial charge is 0.311 e. The Morgan fingerprint density at radius 2 is 1.85 bits per heavy atom. The molecule has 2 N–H and O–H groups in total. The van der Waals surface area contributed by atoms with Gasteiger partial charge in [-0.3, -0.25) is 9.59 Å². The number of nitrogens with one attached hydrogen (secondary N) is 1. The molecule has 4 nitrogen and oxygen atoms in total. The molecule has 0 spiro atoms. The predicted molar refractivity (Wildman–Crippen MR) is 98.1 cm³/mol. The molecule has 1 heterocycles. The van der Waals surface area contributed by atoms with Crippen molar-refractivity contribution in [3.05, 3.63) is 70.9 Å². The number of carboxylic acids is 1. The van der Waals surface area contributed by atoms with Gasteiger partial charge >= 0.3 is 5.97 Å². The van der Waals surface area contributed by atoms with E-state index in [-0.39, 0.29) is 5.56 Å². The molecule has 0 aliphatic rings. The molecule has 6 heteroatoms. The van der Waals surface area contributed by atoms with Crippen LogP contribution in [0.1, 0.15) is 53.6 Å². The van der Waals surface area contributed by atoms with Gasteiger partial charge in [-0.25, -0.2) is 8.78 Å². The average Bonchev–Trinajstić information content (AvgIpc) is 3.02. The third-order valence-electron chi connectivity index (χ3n) is 4.70. The minimum Gasteiger partial charge on any atom is -0.481 e. The van der Waals surface area contributed by atoms with Gasteiger partial charge in [-0.15, -0.1) is 0 Å². The zero-order valence-electron chi connectivity index (χ0n) is 14.9. The summed E-state index contributed by atoms with van der Waals surface area (Å²) >= 11 is 0. The van der Waals surface area contributed by atoms with Crippen LogP contribution in [0.15, 0.2) is 42.6 Å². The van der Waals surface area contributed by atoms with E-state index in [0.717, 1.165) is 23.2 Å². The number of aliphatic carboxylic acids is 1. The number of carboxylic acid groups (broad SMARTS) is 1. The number of fused-ring (bicyclic) bond motifs is 1. The number of aromatic nitrogens is 1. The number of aromatic amines is 1. The molecule has 0 aliphatic heterocycles. The van der Waals surface area contributed by atoms with Crippen molar-refractivity contribution in [1.82, 2.24) is 4.98 Å². The lowest BCUT2D eigenvalue weighted by Gasteiger charge is -2.12. The Morgan fingerprint density at radius 1 is 1.11 bits per heavy atom. The Bertz CT molecular complexity index is 1020. The second-order valence-corrected chi connectivity index (χ2v) is 6.85. The van der Waals surface area contributed by atoms with E-state index in [9.17, 15) is 23.5 Å². The number of Topliss-reactive ketones (excluding diaryl/α,β-unsaturated/α-hetero) is 1. The minimum atomic E-state index is -1.18. The lowest BCUT2D eigenvalue weighted by molar-refractivity contribution is -0.138. The number of carbonyl (C=O) groups excluding carboxylic acids is 1. The van der Waals surface area contributed by atoms with Crippen molar-refractivity contribution >= 4 is 22.7 Å². The third-order valence-corrected chi connectivity index (χ3v) is 4.70. The average molecular weight is 371 g/mol. The summed E-state index contributed by atoms with van der Waals surface area (Å²) in [7, 11) is 0. The first-order valence-corrected chi connectivity index (χ1v) is 8.60. The van der Waals surface area contributed by atoms with Gasteiger partial charge in [-0.2, -0.15) is 0 Å². The van der Waals surface area contributed by atoms with Crippen molar-refractivity contribution in [3.63, 3.8) is 0 Å². The fourth-order valence-corrected chi connectivity index (χ4v) is 3.15. The van der Waals surface area contributed by atoms with E-state index in [0.29, 0.717) is 22.9 Å². The van der Waals surface area contributed by atoms with Gasteiger partial charge in [-0.05, 0) is 35.2 Å². The normalized spacial score (nSPS) is 12.5. The zero-order valence-corrected chi connectivity index (χ0v) is 14.9. The van der Waals surface area contributed by atoms with Crippen LogP contribution >= 0.6 is 0 Å². The summed E-state index contributed by atoms with van der Waals surface area (Å²) < 4.78 is 26.9. The van der Waals surface area contributed by atoms with Gasteiger partial charge in [0, 0.05) is 29.6 Å². The quantitative estimate of drug-likeness (QED) is 0.598. The Balaban J connectivity index is 1.95. The number of carbonyl (C=O) groups is 2. The summed E-state index contributed by atoms with van der Waals surface area (Å²) in [6, 6.07) is 8.33. The summed E-state index contributed by atoms with van der Waals surface area (Å²) in [6.07, 6.45) is 1.15. The van der Waals surface area contributed by atoms with Gasteiger partial charge in [0.2, 0.25) is 0 Å². The number of rotatable bonds is 6. The van der Waals surface area contributed by atoms with E-state index in [1.54, 1.807) is 6.20 Å². The number of benzene rings is 2. The summed E-state index contributed by atoms with van der Waals surface area (Å²) in [5.74, 6) is -4.48. The monoisotopic (exact) mass is 371 g/mol. The summed E-state index contributed by atoms with van der Waals surface area (Å²) in [5, 5.41) is 10.3. The van der Waals surface area contributed by atoms with E-state index < -0.39 is 35.7 Å². The molecule has 0 fully saturated rings. The molecule has 0 aliphatic carbocycles. The van der Waals surface area contributed by atoms with E-state index in [1.165, 1.54) is 0 Å². The highest BCUT2D eigenvalue weighted by molar-refractivity contribution is 6.00. The molecular weight excluding hydrogens is 352 g/mol. The first-order chi connectivity index (χ1) is 12.8. The lowest BCUT2D eigenvalue weighted by Crippen LogP contribution is -2.17. The molecule has 2 aromatic carbocycles. The predicted octanol–water partition coefficient (Wildman–Crippen LogP) is 5.01. The highest BCUT2D eigenvalue weighted by Crippen LogP contribution is 2.31. The number of halogens is 2. The third kappa shape index (κ3) is 3.74. The molecule has 27 heavy (non-hydrogen) atoms. The van der Waals surface area contributed by atoms with Crippen LogP contribution < -0.4 is 0 Å². The van der Waals surface area contributed by atoms with Gasteiger partial charge < -0.3 is 10.1 Å². The Labute approximate surface area is 154 Å². The summed E-state index contributed by atoms with van der Waals surface area (Å²) in [4.78, 5) is 27.3. The van der Waals surface area contributed by atoms with Gasteiger partial charge in [0.15, 0.2) is 5.78 Å². The SMILES string of the molecule is CC(C)c1ccc2c(C(CC(=O)c3ccc(F)cc3F)C(=O)O)c[nH]c2c1. The van der Waals surface area contributed by atoms with Gasteiger partial charge in [0.05, 0.1) is 11.5 Å². The van der Waals surface area contributed by atoms with E-state index in [4.69, 9.17) is 0 Å². The molecule has 140 valence electrons. The highest BCUT2D eigenvalue weighted by Gasteiger charge is 2.27. The van der Waals surface area contributed by atoms with Crippen molar-refractivity contribution in [3.8, 4) is 0 Å². The fraction of sp³-hybridized carbons (Fsp3) is 0.238. The molecule has 1 atom stereocenters. The maximum Gasteiger partial charge on any atom is 0.311 e. The van der Waals surface area contributed by atoms with Gasteiger partial charge in [0.1, 0.15) is 11.6 Å². The maximum atomic E-state index is 13.9. The standard InChI is InChI=1S/C21H19F2NO3/c1-11(2)12-3-5-14-17(10-24-19(14)7-12)16(21(26)27)9-20(25)15-6-4-13(22)8-18(15)23/h3-8,10-11,16,24H,9H2,1-2H3,(H,26,27). The number of hydrogen-bond donors (Lipinski definition) is 2. The van der Waals surface area contributed by atoms with Crippen LogP contribution in [0.5, 0.6) is 0 Å². The molecule has 3 aromatic rings. The molecule has 0 bridgehead atoms. The lowest BCUT2D eigenvalue weighted by atomic mass is 9.90. The van der Waals surface area contributed by atoms with Crippen LogP contribution in [0.4, 0.5) is 8.78 Å². The number of H-pyrrole nitrogens is 1. The van der Waals surface area contributed by atoms with Crippen molar-refractivity contribution < 1.29 is 23.5 Å². The highest BCUT2D eigenvalue weighted by atomic mass is 19.1. The van der Waals surface area contributed by atoms with Gasteiger partial charge in [-0.1, -0.05) is 26.0 Å². The van der Waals surface area contributed by atoms with Crippen molar-refractivity contribution in [2.24, 2.45) is 0 Å². The van der Waals surface area contributed by atoms with Gasteiger partial charge in [0.25, 0.3) is 0 Å². The summed E-state index contributed by atoms with van der Waals surface area (Å²) in [5.41, 5.74) is 2.03. The van der Waals surface area contributed by atoms with Crippen molar-refractivity contribution in [1.29, 1.82) is 0 Å². The molecule has 0 amide bonds. The fourth-order valence-electron chi connectivity index (χ4n) is 3.15. The first kappa shape index (κ1) is 18.8. The van der Waals surface area contributed by atoms with E-state index >= 15 is 0 Å². The van der Waals surface area contributed by atoms with Crippen molar-refractivity contribution in [2.75, 3.05) is 0 Å². The zero-order chi connectivity index (χ0) is 19.7. The van der Waals surface area contributed by atoms with E-state index in [1.807, 2.05) is 18.2 Å². The second kappa shape index (κ2) is 7.31. The van der Waals surface area contributed by atoms with Crippen LogP contribution in [0, 0.1) is 11.6 Å². The van der Waals surface area contributed by atoms with Crippen LogP contribution in [0.2, 0.25) is 0 Å². The van der Waals surface area contributed by atoms with Crippen LogP contribution in [-0.4, -0.2) is 21.8 Å². The van der Waals surface area contributed by atoms with Crippen molar-refractivity contribution in [2.45, 2.75) is 32.1 Å². The summed E-state index contributed by atoms with van der Waals surface area (Å²) in [6.45, 7) is 4.11. The van der Waals surface area contributed by atoms with E-state index in [2.05, 4.69) is 18.8 Å². The molecular formula is C21H19F2NO3. The first-order valence-electron chi connectivity index (χ1n) is 8.60. The van der Waals surface area contributed by atoms with Crippen LogP contribution in [0.3, 0.4) is 0 Å². The van der Waals surface area contributed by atoms with Crippen LogP contribution in [-0.2, 0) is 4.79 Å². The Hall–Kier alpha value is -3.02. The molecule has 1 unspecified atom stereocenters. The molecule has 0 radical (unpaired) electrons. The maximum absolute atomic E-state index is 13.9. The molecule has 0 saturated heterocycles. The molecule has 0 saturated carbocycles. The molecule has 1 aromatic heterocycles. The minimum absolute atomic E-state index is 0.315. The largest absolute Gasteiger partial charge is 0.481 e.